The van der Waals surface area contributed by atoms with Gasteiger partial charge in [0.1, 0.15) is 18.0 Å². The number of fused-ring (bicyclic) bond motifs is 2. The van der Waals surface area contributed by atoms with Gasteiger partial charge in [0.25, 0.3) is 0 Å². The Labute approximate surface area is 170 Å². The number of imidazole rings is 1. The number of benzene rings is 1. The van der Waals surface area contributed by atoms with Crippen LogP contribution in [0.3, 0.4) is 0 Å². The number of amides is 1. The molecule has 1 aliphatic heterocycles. The van der Waals surface area contributed by atoms with Crippen LogP contribution in [0, 0.1) is 11.3 Å². The molecular weight excluding hydrogens is 364 g/mol. The summed E-state index contributed by atoms with van der Waals surface area (Å²) in [5.41, 5.74) is 2.30. The molecular formula is C23H26N4O2. The summed E-state index contributed by atoms with van der Waals surface area (Å²) >= 11 is 0. The van der Waals surface area contributed by atoms with E-state index in [9.17, 15) is 4.79 Å². The predicted octanol–water partition coefficient (Wildman–Crippen LogP) is 3.63. The highest BCUT2D eigenvalue weighted by molar-refractivity contribution is 5.96. The lowest BCUT2D eigenvalue weighted by molar-refractivity contribution is -0.128. The normalized spacial score (nSPS) is 23.7. The fraction of sp³-hybridized carbons (Fsp3) is 0.391. The van der Waals surface area contributed by atoms with Gasteiger partial charge in [0, 0.05) is 30.7 Å². The van der Waals surface area contributed by atoms with Crippen molar-refractivity contribution in [2.45, 2.75) is 32.3 Å². The number of carbonyl (C=O) groups is 1. The third-order valence-electron chi connectivity index (χ3n) is 6.38. The first-order chi connectivity index (χ1) is 14.2. The molecule has 1 saturated heterocycles. The van der Waals surface area contributed by atoms with E-state index in [0.717, 1.165) is 55.1 Å². The summed E-state index contributed by atoms with van der Waals surface area (Å²) in [6.07, 6.45) is 8.42. The van der Waals surface area contributed by atoms with Gasteiger partial charge in [-0.2, -0.15) is 0 Å². The van der Waals surface area contributed by atoms with Crippen molar-refractivity contribution < 1.29 is 9.53 Å². The van der Waals surface area contributed by atoms with Gasteiger partial charge in [0.15, 0.2) is 0 Å². The van der Waals surface area contributed by atoms with E-state index in [1.54, 1.807) is 0 Å². The average molecular weight is 390 g/mol. The fourth-order valence-electron chi connectivity index (χ4n) is 4.82. The Morgan fingerprint density at radius 2 is 2.24 bits per heavy atom. The van der Waals surface area contributed by atoms with Crippen molar-refractivity contribution in [1.82, 2.24) is 14.7 Å². The molecule has 1 aliphatic carbocycles. The van der Waals surface area contributed by atoms with Crippen molar-refractivity contribution in [3.8, 4) is 5.75 Å². The molecule has 2 aliphatic rings. The molecule has 6 heteroatoms. The number of hydrogen-bond donors (Lipinski definition) is 2. The molecule has 3 heterocycles. The van der Waals surface area contributed by atoms with Crippen molar-refractivity contribution in [1.29, 1.82) is 0 Å². The number of nitrogens with one attached hydrogen (secondary N) is 2. The smallest absolute Gasteiger partial charge is 0.232 e. The fourth-order valence-corrected chi connectivity index (χ4v) is 4.82. The van der Waals surface area contributed by atoms with Crippen LogP contribution >= 0.6 is 0 Å². The number of hydrogen-bond acceptors (Lipinski definition) is 4. The van der Waals surface area contributed by atoms with Gasteiger partial charge < -0.3 is 19.8 Å². The highest BCUT2D eigenvalue weighted by atomic mass is 16.5. The highest BCUT2D eigenvalue weighted by Gasteiger charge is 2.49. The van der Waals surface area contributed by atoms with Gasteiger partial charge in [-0.1, -0.05) is 25.0 Å². The SMILES string of the molecule is O=C(Nc1cccc(OCc2cn3ccccc3n2)c1)[C@@]12CCCC[C@H]1CNC2. The van der Waals surface area contributed by atoms with Gasteiger partial charge in [0.2, 0.25) is 5.91 Å². The van der Waals surface area contributed by atoms with Gasteiger partial charge in [-0.05, 0) is 49.6 Å². The second kappa shape index (κ2) is 7.52. The molecule has 2 aromatic heterocycles. The summed E-state index contributed by atoms with van der Waals surface area (Å²) in [4.78, 5) is 17.7. The van der Waals surface area contributed by atoms with Crippen LogP contribution < -0.4 is 15.4 Å². The van der Waals surface area contributed by atoms with Crippen LogP contribution in [0.25, 0.3) is 5.65 Å². The van der Waals surface area contributed by atoms with E-state index in [1.165, 1.54) is 6.42 Å². The van der Waals surface area contributed by atoms with Crippen molar-refractivity contribution in [2.24, 2.45) is 11.3 Å². The maximum atomic E-state index is 13.2. The zero-order chi connectivity index (χ0) is 19.7. The zero-order valence-electron chi connectivity index (χ0n) is 16.4. The van der Waals surface area contributed by atoms with Gasteiger partial charge in [-0.15, -0.1) is 0 Å². The minimum atomic E-state index is -0.258. The van der Waals surface area contributed by atoms with Crippen molar-refractivity contribution in [3.05, 3.63) is 60.6 Å². The molecule has 0 bridgehead atoms. The number of ether oxygens (including phenoxy) is 1. The van der Waals surface area contributed by atoms with Crippen LogP contribution in [0.15, 0.2) is 54.9 Å². The molecule has 0 spiro atoms. The number of carbonyl (C=O) groups excluding carboxylic acids is 1. The minimum absolute atomic E-state index is 0.143. The van der Waals surface area contributed by atoms with E-state index in [4.69, 9.17) is 4.74 Å². The number of nitrogens with zero attached hydrogens (tertiary/aromatic N) is 2. The van der Waals surface area contributed by atoms with E-state index >= 15 is 0 Å². The zero-order valence-corrected chi connectivity index (χ0v) is 16.4. The number of pyridine rings is 1. The predicted molar refractivity (Wildman–Crippen MR) is 112 cm³/mol. The van der Waals surface area contributed by atoms with E-state index < -0.39 is 0 Å². The third kappa shape index (κ3) is 3.49. The Balaban J connectivity index is 1.26. The molecule has 6 nitrogen and oxygen atoms in total. The molecule has 3 aromatic rings. The van der Waals surface area contributed by atoms with Gasteiger partial charge in [-0.25, -0.2) is 4.98 Å². The van der Waals surface area contributed by atoms with E-state index in [-0.39, 0.29) is 11.3 Å². The van der Waals surface area contributed by atoms with Crippen LogP contribution in [0.5, 0.6) is 5.75 Å². The molecule has 0 radical (unpaired) electrons. The van der Waals surface area contributed by atoms with E-state index in [0.29, 0.717) is 12.5 Å². The molecule has 2 N–H and O–H groups in total. The van der Waals surface area contributed by atoms with Gasteiger partial charge >= 0.3 is 0 Å². The van der Waals surface area contributed by atoms with Crippen LogP contribution in [-0.4, -0.2) is 28.4 Å². The number of anilines is 1. The molecule has 5 rings (SSSR count). The first kappa shape index (κ1) is 18.2. The number of rotatable bonds is 5. The minimum Gasteiger partial charge on any atom is -0.487 e. The lowest BCUT2D eigenvalue weighted by Crippen LogP contribution is -2.44. The number of aromatic nitrogens is 2. The Hall–Kier alpha value is -2.86. The van der Waals surface area contributed by atoms with Crippen LogP contribution in [0.4, 0.5) is 5.69 Å². The summed E-state index contributed by atoms with van der Waals surface area (Å²) in [5.74, 6) is 1.32. The maximum Gasteiger partial charge on any atom is 0.232 e. The summed E-state index contributed by atoms with van der Waals surface area (Å²) in [6, 6.07) is 13.5. The first-order valence-corrected chi connectivity index (χ1v) is 10.4. The summed E-state index contributed by atoms with van der Waals surface area (Å²) < 4.78 is 7.91. The van der Waals surface area contributed by atoms with Crippen molar-refractivity contribution in [2.75, 3.05) is 18.4 Å². The van der Waals surface area contributed by atoms with Crippen LogP contribution in [0.1, 0.15) is 31.4 Å². The Kier molecular flexibility index (Phi) is 4.72. The second-order valence-corrected chi connectivity index (χ2v) is 8.20. The first-order valence-electron chi connectivity index (χ1n) is 10.4. The van der Waals surface area contributed by atoms with E-state index in [1.807, 2.05) is 59.3 Å². The molecule has 1 aromatic carbocycles. The van der Waals surface area contributed by atoms with E-state index in [2.05, 4.69) is 15.6 Å². The van der Waals surface area contributed by atoms with Crippen molar-refractivity contribution >= 4 is 17.2 Å². The molecule has 1 amide bonds. The molecule has 29 heavy (non-hydrogen) atoms. The Morgan fingerprint density at radius 1 is 1.28 bits per heavy atom. The molecule has 2 atom stereocenters. The monoisotopic (exact) mass is 390 g/mol. The van der Waals surface area contributed by atoms with Gasteiger partial charge in [-0.3, -0.25) is 4.79 Å². The highest BCUT2D eigenvalue weighted by Crippen LogP contribution is 2.44. The lowest BCUT2D eigenvalue weighted by atomic mass is 9.67. The Morgan fingerprint density at radius 3 is 3.17 bits per heavy atom. The quantitative estimate of drug-likeness (QED) is 0.698. The average Bonchev–Trinajstić information content (AvgIpc) is 3.37. The van der Waals surface area contributed by atoms with Gasteiger partial charge in [0.05, 0.1) is 11.1 Å². The molecule has 0 unspecified atom stereocenters. The second-order valence-electron chi connectivity index (χ2n) is 8.20. The standard InChI is InChI=1S/C23H26N4O2/c28-22(23-10-3-1-6-17(23)13-24-16-23)26-18-7-5-8-20(12-18)29-15-19-14-27-11-4-2-9-21(27)25-19/h2,4-5,7-9,11-12,14,17,24H,1,3,6,10,13,15-16H2,(H,26,28)/t17-,23+/m0/s1. The Bertz CT molecular complexity index is 997. The topological polar surface area (TPSA) is 67.7 Å². The van der Waals surface area contributed by atoms with Crippen LogP contribution in [-0.2, 0) is 11.4 Å². The lowest BCUT2D eigenvalue weighted by Gasteiger charge is -2.37. The van der Waals surface area contributed by atoms with Crippen molar-refractivity contribution in [3.63, 3.8) is 0 Å². The summed E-state index contributed by atoms with van der Waals surface area (Å²) in [7, 11) is 0. The maximum absolute atomic E-state index is 13.2. The third-order valence-corrected chi connectivity index (χ3v) is 6.38. The molecule has 1 saturated carbocycles. The molecule has 2 fully saturated rings. The molecule has 150 valence electrons. The van der Waals surface area contributed by atoms with Crippen LogP contribution in [0.2, 0.25) is 0 Å². The summed E-state index contributed by atoms with van der Waals surface area (Å²) in [6.45, 7) is 2.12. The largest absolute Gasteiger partial charge is 0.487 e. The summed E-state index contributed by atoms with van der Waals surface area (Å²) in [5, 5.41) is 6.59.